The Hall–Kier alpha value is -2.75. The van der Waals surface area contributed by atoms with Gasteiger partial charge in [-0.15, -0.1) is 0 Å². The lowest BCUT2D eigenvalue weighted by Crippen LogP contribution is -1.91. The van der Waals surface area contributed by atoms with Crippen molar-refractivity contribution in [3.05, 3.63) is 89.5 Å². The van der Waals surface area contributed by atoms with Crippen molar-refractivity contribution in [2.24, 2.45) is 0 Å². The summed E-state index contributed by atoms with van der Waals surface area (Å²) in [5, 5.41) is 8.61. The lowest BCUT2D eigenvalue weighted by Gasteiger charge is -2.08. The minimum absolute atomic E-state index is 0.115. The van der Waals surface area contributed by atoms with Gasteiger partial charge in [0, 0.05) is 0 Å². The van der Waals surface area contributed by atoms with Gasteiger partial charge in [0.2, 0.25) is 0 Å². The molecule has 0 unspecified atom stereocenters. The van der Waals surface area contributed by atoms with E-state index in [1.165, 1.54) is 30.3 Å². The summed E-state index contributed by atoms with van der Waals surface area (Å²) >= 11 is 0. The van der Waals surface area contributed by atoms with Crippen molar-refractivity contribution in [3.8, 4) is 0 Å². The molecular formula is C18H14F2O2. The molecule has 0 heterocycles. The molecule has 112 valence electrons. The molecule has 2 nitrogen and oxygen atoms in total. The first kappa shape index (κ1) is 15.6. The first-order valence-electron chi connectivity index (χ1n) is 6.67. The Morgan fingerprint density at radius 1 is 1.00 bits per heavy atom. The zero-order valence-electron chi connectivity index (χ0n) is 11.7. The normalized spacial score (nSPS) is 10.6. The van der Waals surface area contributed by atoms with Gasteiger partial charge in [-0.2, -0.15) is 0 Å². The van der Waals surface area contributed by atoms with E-state index >= 15 is 0 Å². The lowest BCUT2D eigenvalue weighted by molar-refractivity contribution is -0.136. The summed E-state index contributed by atoms with van der Waals surface area (Å²) in [6, 6.07) is 11.9. The Kier molecular flexibility index (Phi) is 5.20. The second kappa shape index (κ2) is 7.31. The van der Waals surface area contributed by atoms with E-state index in [1.54, 1.807) is 36.4 Å². The average molecular weight is 300 g/mol. The standard InChI is InChI=1S/C18H14F2O2/c19-15-7-3-5-13(11-15)17(9-1-2-10-18(21)22)14-6-4-8-16(20)12-14/h1-9,11-12H,10H2,(H,21,22)/b2-1+. The van der Waals surface area contributed by atoms with Crippen LogP contribution in [0.5, 0.6) is 0 Å². The third kappa shape index (κ3) is 4.38. The van der Waals surface area contributed by atoms with Crippen LogP contribution in [0.1, 0.15) is 17.5 Å². The largest absolute Gasteiger partial charge is 0.481 e. The minimum atomic E-state index is -0.942. The second-order valence-corrected chi connectivity index (χ2v) is 4.63. The van der Waals surface area contributed by atoms with E-state index in [2.05, 4.69) is 0 Å². The van der Waals surface area contributed by atoms with Gasteiger partial charge in [0.15, 0.2) is 0 Å². The molecule has 2 aromatic rings. The molecule has 22 heavy (non-hydrogen) atoms. The summed E-state index contributed by atoms with van der Waals surface area (Å²) in [6.45, 7) is 0. The molecule has 2 aromatic carbocycles. The van der Waals surface area contributed by atoms with Gasteiger partial charge in [-0.25, -0.2) is 8.78 Å². The molecule has 0 aromatic heterocycles. The van der Waals surface area contributed by atoms with E-state index in [1.807, 2.05) is 0 Å². The Morgan fingerprint density at radius 2 is 1.55 bits per heavy atom. The van der Waals surface area contributed by atoms with Crippen LogP contribution in [0.15, 0.2) is 66.8 Å². The van der Waals surface area contributed by atoms with Crippen LogP contribution in [-0.2, 0) is 4.79 Å². The zero-order valence-corrected chi connectivity index (χ0v) is 11.7. The molecule has 0 aliphatic carbocycles. The molecule has 0 saturated heterocycles. The van der Waals surface area contributed by atoms with Crippen molar-refractivity contribution in [2.45, 2.75) is 6.42 Å². The van der Waals surface area contributed by atoms with E-state index in [0.29, 0.717) is 16.7 Å². The van der Waals surface area contributed by atoms with E-state index in [4.69, 9.17) is 5.11 Å². The quantitative estimate of drug-likeness (QED) is 0.830. The highest BCUT2D eigenvalue weighted by atomic mass is 19.1. The van der Waals surface area contributed by atoms with Crippen LogP contribution in [-0.4, -0.2) is 11.1 Å². The second-order valence-electron chi connectivity index (χ2n) is 4.63. The Labute approximate surface area is 127 Å². The molecule has 1 N–H and O–H groups in total. The van der Waals surface area contributed by atoms with Crippen molar-refractivity contribution < 1.29 is 18.7 Å². The first-order valence-corrected chi connectivity index (χ1v) is 6.67. The number of carboxylic acids is 1. The van der Waals surface area contributed by atoms with E-state index in [9.17, 15) is 13.6 Å². The SMILES string of the molecule is O=C(O)C/C=C/C=C(c1cccc(F)c1)c1cccc(F)c1. The van der Waals surface area contributed by atoms with Crippen LogP contribution in [0, 0.1) is 11.6 Å². The van der Waals surface area contributed by atoms with Gasteiger partial charge in [-0.05, 0) is 41.0 Å². The molecular weight excluding hydrogens is 286 g/mol. The predicted octanol–water partition coefficient (Wildman–Crippen LogP) is 4.43. The van der Waals surface area contributed by atoms with Crippen LogP contribution in [0.25, 0.3) is 5.57 Å². The fraction of sp³-hybridized carbons (Fsp3) is 0.0556. The first-order chi connectivity index (χ1) is 10.6. The number of allylic oxidation sites excluding steroid dienone is 2. The van der Waals surface area contributed by atoms with Crippen molar-refractivity contribution in [1.82, 2.24) is 0 Å². The van der Waals surface area contributed by atoms with Gasteiger partial charge < -0.3 is 5.11 Å². The molecule has 0 spiro atoms. The molecule has 0 saturated carbocycles. The van der Waals surface area contributed by atoms with E-state index in [0.717, 1.165) is 0 Å². The molecule has 2 rings (SSSR count). The summed E-state index contributed by atoms with van der Waals surface area (Å²) in [5.74, 6) is -1.73. The molecule has 0 radical (unpaired) electrons. The van der Waals surface area contributed by atoms with E-state index < -0.39 is 17.6 Å². The lowest BCUT2D eigenvalue weighted by atomic mass is 9.97. The monoisotopic (exact) mass is 300 g/mol. The van der Waals surface area contributed by atoms with Gasteiger partial charge in [0.05, 0.1) is 6.42 Å². The molecule has 0 fully saturated rings. The maximum Gasteiger partial charge on any atom is 0.307 e. The molecule has 0 bridgehead atoms. The predicted molar refractivity (Wildman–Crippen MR) is 81.3 cm³/mol. The van der Waals surface area contributed by atoms with Crippen LogP contribution in [0.2, 0.25) is 0 Å². The third-order valence-electron chi connectivity index (χ3n) is 2.96. The van der Waals surface area contributed by atoms with Gasteiger partial charge >= 0.3 is 5.97 Å². The zero-order chi connectivity index (χ0) is 15.9. The number of carbonyl (C=O) groups is 1. The summed E-state index contributed by atoms with van der Waals surface area (Å²) in [4.78, 5) is 10.5. The fourth-order valence-electron chi connectivity index (χ4n) is 2.00. The highest BCUT2D eigenvalue weighted by Gasteiger charge is 2.06. The van der Waals surface area contributed by atoms with Gasteiger partial charge in [-0.1, -0.05) is 42.5 Å². The van der Waals surface area contributed by atoms with Crippen molar-refractivity contribution in [1.29, 1.82) is 0 Å². The molecule has 4 heteroatoms. The average Bonchev–Trinajstić information content (AvgIpc) is 2.47. The maximum absolute atomic E-state index is 13.4. The Balaban J connectivity index is 2.43. The van der Waals surface area contributed by atoms with Crippen molar-refractivity contribution in [2.75, 3.05) is 0 Å². The van der Waals surface area contributed by atoms with Crippen LogP contribution < -0.4 is 0 Å². The highest BCUT2D eigenvalue weighted by Crippen LogP contribution is 2.24. The fourth-order valence-corrected chi connectivity index (χ4v) is 2.00. The number of benzene rings is 2. The number of hydrogen-bond donors (Lipinski definition) is 1. The summed E-state index contributed by atoms with van der Waals surface area (Å²) in [6.07, 6.45) is 4.57. The third-order valence-corrected chi connectivity index (χ3v) is 2.96. The number of rotatable bonds is 5. The summed E-state index contributed by atoms with van der Waals surface area (Å²) in [5.41, 5.74) is 1.79. The molecule has 0 atom stereocenters. The number of aliphatic carboxylic acids is 1. The summed E-state index contributed by atoms with van der Waals surface area (Å²) in [7, 11) is 0. The van der Waals surface area contributed by atoms with Crippen LogP contribution >= 0.6 is 0 Å². The number of hydrogen-bond acceptors (Lipinski definition) is 1. The van der Waals surface area contributed by atoms with Gasteiger partial charge in [-0.3, -0.25) is 4.79 Å². The van der Waals surface area contributed by atoms with Crippen LogP contribution in [0.4, 0.5) is 8.78 Å². The Bertz CT molecular complexity index is 686. The van der Waals surface area contributed by atoms with E-state index in [-0.39, 0.29) is 6.42 Å². The smallest absolute Gasteiger partial charge is 0.307 e. The molecule has 0 aliphatic heterocycles. The molecule has 0 aliphatic rings. The van der Waals surface area contributed by atoms with Crippen molar-refractivity contribution >= 4 is 11.5 Å². The topological polar surface area (TPSA) is 37.3 Å². The van der Waals surface area contributed by atoms with Crippen molar-refractivity contribution in [3.63, 3.8) is 0 Å². The Morgan fingerprint density at radius 3 is 2.00 bits per heavy atom. The number of halogens is 2. The highest BCUT2D eigenvalue weighted by molar-refractivity contribution is 5.81. The van der Waals surface area contributed by atoms with Crippen LogP contribution in [0.3, 0.4) is 0 Å². The maximum atomic E-state index is 13.4. The van der Waals surface area contributed by atoms with Gasteiger partial charge in [0.1, 0.15) is 11.6 Å². The minimum Gasteiger partial charge on any atom is -0.481 e. The number of carboxylic acid groups (broad SMARTS) is 1. The molecule has 0 amide bonds. The van der Waals surface area contributed by atoms with Gasteiger partial charge in [0.25, 0.3) is 0 Å². The summed E-state index contributed by atoms with van der Waals surface area (Å²) < 4.78 is 26.8.